The van der Waals surface area contributed by atoms with Crippen molar-refractivity contribution in [3.05, 3.63) is 33.9 Å². The zero-order chi connectivity index (χ0) is 23.8. The second kappa shape index (κ2) is 8.90. The first-order valence-electron chi connectivity index (χ1n) is 11.0. The Bertz CT molecular complexity index is 1230. The minimum absolute atomic E-state index is 0.0275. The molecule has 0 saturated carbocycles. The first kappa shape index (κ1) is 23.4. The average molecular weight is 480 g/mol. The molecule has 0 spiro atoms. The quantitative estimate of drug-likeness (QED) is 0.693. The van der Waals surface area contributed by atoms with Gasteiger partial charge in [-0.1, -0.05) is 0 Å². The SMILES string of the molecule is CC(C)(C)OC(=O)N1CCC(c2cc(=O)[nH]c3c(C(=O)N=S4(=O)CCOCC4)cnn23)CC1. The predicted molar refractivity (Wildman–Crippen MR) is 121 cm³/mol. The van der Waals surface area contributed by atoms with Gasteiger partial charge < -0.3 is 19.4 Å². The Kier molecular flexibility index (Phi) is 6.32. The van der Waals surface area contributed by atoms with Gasteiger partial charge in [0.1, 0.15) is 16.8 Å². The number of hydrogen-bond acceptors (Lipinski definition) is 7. The zero-order valence-corrected chi connectivity index (χ0v) is 19.9. The van der Waals surface area contributed by atoms with Crippen LogP contribution >= 0.6 is 0 Å². The fourth-order valence-corrected chi connectivity index (χ4v) is 5.56. The van der Waals surface area contributed by atoms with Crippen LogP contribution in [0.4, 0.5) is 4.79 Å². The lowest BCUT2D eigenvalue weighted by molar-refractivity contribution is 0.0203. The third-order valence-corrected chi connectivity index (χ3v) is 7.78. The molecule has 1 N–H and O–H groups in total. The molecule has 4 rings (SSSR count). The molecule has 0 radical (unpaired) electrons. The Morgan fingerprint density at radius 3 is 2.55 bits per heavy atom. The van der Waals surface area contributed by atoms with Gasteiger partial charge in [0.15, 0.2) is 0 Å². The third-order valence-electron chi connectivity index (χ3n) is 5.67. The van der Waals surface area contributed by atoms with Crippen LogP contribution in [0, 0.1) is 0 Å². The maximum atomic E-state index is 12.8. The highest BCUT2D eigenvalue weighted by atomic mass is 32.2. The number of aromatic amines is 1. The van der Waals surface area contributed by atoms with Crippen molar-refractivity contribution in [3.8, 4) is 0 Å². The Labute approximate surface area is 191 Å². The summed E-state index contributed by atoms with van der Waals surface area (Å²) in [6, 6.07) is 1.47. The van der Waals surface area contributed by atoms with Crippen LogP contribution in [0.1, 0.15) is 55.6 Å². The number of ether oxygens (including phenoxy) is 2. The number of rotatable bonds is 2. The van der Waals surface area contributed by atoms with Crippen LogP contribution in [0.3, 0.4) is 0 Å². The van der Waals surface area contributed by atoms with Gasteiger partial charge >= 0.3 is 6.09 Å². The van der Waals surface area contributed by atoms with E-state index in [9.17, 15) is 18.6 Å². The number of aromatic nitrogens is 3. The van der Waals surface area contributed by atoms with Crippen molar-refractivity contribution in [2.24, 2.45) is 4.36 Å². The van der Waals surface area contributed by atoms with Gasteiger partial charge in [0.2, 0.25) is 0 Å². The number of piperidine rings is 1. The van der Waals surface area contributed by atoms with Gasteiger partial charge in [0, 0.05) is 25.1 Å². The average Bonchev–Trinajstić information content (AvgIpc) is 3.16. The Morgan fingerprint density at radius 1 is 1.24 bits per heavy atom. The predicted octanol–water partition coefficient (Wildman–Crippen LogP) is 1.78. The molecule has 2 aromatic rings. The molecule has 180 valence electrons. The summed E-state index contributed by atoms with van der Waals surface area (Å²) in [6.07, 6.45) is 2.24. The lowest BCUT2D eigenvalue weighted by Gasteiger charge is -2.33. The van der Waals surface area contributed by atoms with Gasteiger partial charge in [-0.05, 0) is 33.6 Å². The molecule has 0 unspecified atom stereocenters. The molecule has 2 amide bonds. The second-order valence-corrected chi connectivity index (χ2v) is 11.9. The van der Waals surface area contributed by atoms with Crippen molar-refractivity contribution in [2.45, 2.75) is 45.1 Å². The number of carbonyl (C=O) groups excluding carboxylic acids is 2. The van der Waals surface area contributed by atoms with E-state index in [1.807, 2.05) is 20.8 Å². The molecule has 0 aromatic carbocycles. The van der Waals surface area contributed by atoms with E-state index in [0.29, 0.717) is 44.8 Å². The Hall–Kier alpha value is -2.73. The molecule has 33 heavy (non-hydrogen) atoms. The number of amides is 2. The summed E-state index contributed by atoms with van der Waals surface area (Å²) < 4.78 is 28.9. The van der Waals surface area contributed by atoms with E-state index in [-0.39, 0.29) is 40.3 Å². The zero-order valence-electron chi connectivity index (χ0n) is 19.0. The number of nitrogens with one attached hydrogen (secondary N) is 1. The standard InChI is InChI=1S/C21H29N5O6S/c1-21(2,3)32-20(29)25-6-4-14(5-7-25)16-12-17(27)23-18-15(13-22-26(16)18)19(28)24-33(30)10-8-31-9-11-33/h12-14H,4-11H2,1-3H3,(H,23,27). The van der Waals surface area contributed by atoms with E-state index in [2.05, 4.69) is 14.4 Å². The summed E-state index contributed by atoms with van der Waals surface area (Å²) >= 11 is 0. The van der Waals surface area contributed by atoms with Crippen molar-refractivity contribution >= 4 is 27.4 Å². The maximum absolute atomic E-state index is 12.8. The van der Waals surface area contributed by atoms with Gasteiger partial charge in [-0.15, -0.1) is 0 Å². The summed E-state index contributed by atoms with van der Waals surface area (Å²) in [4.78, 5) is 41.9. The summed E-state index contributed by atoms with van der Waals surface area (Å²) in [5.74, 6) is -0.281. The largest absolute Gasteiger partial charge is 0.444 e. The lowest BCUT2D eigenvalue weighted by Crippen LogP contribution is -2.41. The second-order valence-electron chi connectivity index (χ2n) is 9.31. The highest BCUT2D eigenvalue weighted by Gasteiger charge is 2.29. The molecular formula is C21H29N5O6S. The molecule has 4 heterocycles. The summed E-state index contributed by atoms with van der Waals surface area (Å²) in [5.41, 5.74) is 0.0688. The third kappa shape index (κ3) is 5.27. The van der Waals surface area contributed by atoms with Crippen LogP contribution in [-0.4, -0.2) is 79.1 Å². The molecule has 0 bridgehead atoms. The van der Waals surface area contributed by atoms with Gasteiger partial charge in [-0.2, -0.15) is 9.46 Å². The van der Waals surface area contributed by atoms with E-state index >= 15 is 0 Å². The minimum Gasteiger partial charge on any atom is -0.444 e. The van der Waals surface area contributed by atoms with Crippen molar-refractivity contribution in [1.29, 1.82) is 0 Å². The first-order valence-corrected chi connectivity index (χ1v) is 12.8. The molecule has 2 fully saturated rings. The number of H-pyrrole nitrogens is 1. The van der Waals surface area contributed by atoms with Crippen molar-refractivity contribution in [1.82, 2.24) is 19.5 Å². The number of nitrogens with zero attached hydrogens (tertiary/aromatic N) is 4. The molecule has 2 aliphatic heterocycles. The smallest absolute Gasteiger partial charge is 0.410 e. The van der Waals surface area contributed by atoms with Crippen LogP contribution in [0.5, 0.6) is 0 Å². The van der Waals surface area contributed by atoms with Gasteiger partial charge in [0.25, 0.3) is 11.5 Å². The van der Waals surface area contributed by atoms with Gasteiger partial charge in [0.05, 0.1) is 46.3 Å². The van der Waals surface area contributed by atoms with Crippen molar-refractivity contribution in [3.63, 3.8) is 0 Å². The highest BCUT2D eigenvalue weighted by Crippen LogP contribution is 2.28. The monoisotopic (exact) mass is 479 g/mol. The van der Waals surface area contributed by atoms with E-state index < -0.39 is 21.2 Å². The fourth-order valence-electron chi connectivity index (χ4n) is 4.02. The molecule has 0 atom stereocenters. The van der Waals surface area contributed by atoms with E-state index in [1.165, 1.54) is 16.8 Å². The Morgan fingerprint density at radius 2 is 1.91 bits per heavy atom. The van der Waals surface area contributed by atoms with Crippen molar-refractivity contribution < 1.29 is 23.3 Å². The van der Waals surface area contributed by atoms with Crippen LogP contribution < -0.4 is 5.56 Å². The van der Waals surface area contributed by atoms with E-state index in [4.69, 9.17) is 9.47 Å². The van der Waals surface area contributed by atoms with Crippen LogP contribution in [0.25, 0.3) is 5.65 Å². The molecule has 2 aliphatic rings. The number of carbonyl (C=O) groups is 2. The van der Waals surface area contributed by atoms with Gasteiger partial charge in [-0.3, -0.25) is 9.59 Å². The topological polar surface area (TPSA) is 135 Å². The number of hydrogen-bond donors (Lipinski definition) is 1. The number of fused-ring (bicyclic) bond motifs is 1. The lowest BCUT2D eigenvalue weighted by atomic mass is 9.93. The number of likely N-dealkylation sites (tertiary alicyclic amines) is 1. The van der Waals surface area contributed by atoms with Crippen LogP contribution in [0.2, 0.25) is 0 Å². The highest BCUT2D eigenvalue weighted by molar-refractivity contribution is 7.94. The molecule has 2 saturated heterocycles. The summed E-state index contributed by atoms with van der Waals surface area (Å²) in [7, 11) is -2.68. The fraction of sp³-hybridized carbons (Fsp3) is 0.619. The normalized spacial score (nSPS) is 19.4. The molecule has 11 nitrogen and oxygen atoms in total. The van der Waals surface area contributed by atoms with E-state index in [1.54, 1.807) is 4.90 Å². The summed E-state index contributed by atoms with van der Waals surface area (Å²) in [6.45, 7) is 7.05. The van der Waals surface area contributed by atoms with Crippen molar-refractivity contribution in [2.75, 3.05) is 37.8 Å². The van der Waals surface area contributed by atoms with E-state index in [0.717, 1.165) is 0 Å². The minimum atomic E-state index is -2.68. The molecule has 0 aliphatic carbocycles. The maximum Gasteiger partial charge on any atom is 0.410 e. The summed E-state index contributed by atoms with van der Waals surface area (Å²) in [5, 5.41) is 4.32. The van der Waals surface area contributed by atoms with Gasteiger partial charge in [-0.25, -0.2) is 13.5 Å². The molecule has 2 aromatic heterocycles. The molecule has 12 heteroatoms. The Balaban J connectivity index is 1.57. The van der Waals surface area contributed by atoms with Crippen LogP contribution in [-0.2, 0) is 19.2 Å². The van der Waals surface area contributed by atoms with Crippen LogP contribution in [0.15, 0.2) is 21.4 Å². The first-order chi connectivity index (χ1) is 15.5. The molecular weight excluding hydrogens is 450 g/mol.